The van der Waals surface area contributed by atoms with Crippen molar-refractivity contribution >= 4 is 66.4 Å². The smallest absolute Gasteiger partial charge is 0.229 e. The molecule has 0 aliphatic rings. The maximum atomic E-state index is 13.0. The number of carbonyl (C=O) groups excluding carboxylic acids is 1. The Hall–Kier alpha value is -1.71. The molecule has 0 saturated heterocycles. The number of rotatable bonds is 8. The molecule has 0 N–H and O–H groups in total. The highest BCUT2D eigenvalue weighted by molar-refractivity contribution is 7.91. The lowest BCUT2D eigenvalue weighted by Crippen LogP contribution is -2.37. The van der Waals surface area contributed by atoms with E-state index in [0.29, 0.717) is 23.2 Å². The molecule has 0 atom stereocenters. The molecule has 168 valence electrons. The summed E-state index contributed by atoms with van der Waals surface area (Å²) in [4.78, 5) is 21.5. The zero-order valence-corrected chi connectivity index (χ0v) is 20.7. The van der Waals surface area contributed by atoms with Gasteiger partial charge in [-0.2, -0.15) is 0 Å². The Bertz CT molecular complexity index is 1150. The second kappa shape index (κ2) is 10.7. The van der Waals surface area contributed by atoms with E-state index in [1.54, 1.807) is 35.2 Å². The molecule has 0 bridgehead atoms. The lowest BCUT2D eigenvalue weighted by atomic mass is 10.2. The minimum absolute atomic E-state index is 0. The van der Waals surface area contributed by atoms with Crippen LogP contribution in [0.5, 0.6) is 0 Å². The number of halogens is 2. The minimum Gasteiger partial charge on any atom is -0.308 e. The number of carbonyl (C=O) groups is 1. The third kappa shape index (κ3) is 6.40. The second-order valence-corrected chi connectivity index (χ2v) is 10.9. The first-order chi connectivity index (χ1) is 14.2. The summed E-state index contributed by atoms with van der Waals surface area (Å²) in [5.41, 5.74) is 1.74. The fourth-order valence-corrected chi connectivity index (χ4v) is 5.70. The van der Waals surface area contributed by atoms with Crippen molar-refractivity contribution in [1.29, 1.82) is 0 Å². The van der Waals surface area contributed by atoms with E-state index >= 15 is 0 Å². The number of aromatic nitrogens is 1. The van der Waals surface area contributed by atoms with Gasteiger partial charge in [-0.15, -0.1) is 12.4 Å². The fourth-order valence-electron chi connectivity index (χ4n) is 2.99. The Morgan fingerprint density at radius 1 is 1.13 bits per heavy atom. The van der Waals surface area contributed by atoms with Gasteiger partial charge in [0.2, 0.25) is 5.91 Å². The highest BCUT2D eigenvalue weighted by Gasteiger charge is 2.23. The third-order valence-electron chi connectivity index (χ3n) is 4.63. The molecule has 10 heteroatoms. The summed E-state index contributed by atoms with van der Waals surface area (Å²) in [6.45, 7) is 2.98. The van der Waals surface area contributed by atoms with Crippen LogP contribution in [0, 0.1) is 6.92 Å². The summed E-state index contributed by atoms with van der Waals surface area (Å²) in [6.07, 6.45) is -0.111. The fraction of sp³-hybridized carbons (Fsp3) is 0.333. The van der Waals surface area contributed by atoms with Gasteiger partial charge in [0, 0.05) is 24.5 Å². The van der Waals surface area contributed by atoms with Crippen LogP contribution in [0.4, 0.5) is 5.13 Å². The van der Waals surface area contributed by atoms with E-state index in [-0.39, 0.29) is 35.4 Å². The molecule has 2 aromatic carbocycles. The molecule has 0 saturated carbocycles. The largest absolute Gasteiger partial charge is 0.308 e. The Kier molecular flexibility index (Phi) is 8.85. The zero-order valence-electron chi connectivity index (χ0n) is 17.5. The number of hydrogen-bond acceptors (Lipinski definition) is 6. The highest BCUT2D eigenvalue weighted by atomic mass is 35.5. The number of nitrogens with zero attached hydrogens (tertiary/aromatic N) is 3. The van der Waals surface area contributed by atoms with Gasteiger partial charge in [-0.25, -0.2) is 13.4 Å². The standard InChI is InChI=1S/C21H24ClN3O3S2.ClH/c1-15-13-16(22)14-18-20(15)23-21(29-18)25(11-10-24(2)3)19(26)9-12-30(27,28)17-7-5-4-6-8-17;/h4-8,13-14H,9-12H2,1-3H3;1H. The molecule has 6 nitrogen and oxygen atoms in total. The van der Waals surface area contributed by atoms with Crippen LogP contribution in [0.25, 0.3) is 10.2 Å². The maximum Gasteiger partial charge on any atom is 0.229 e. The van der Waals surface area contributed by atoms with Gasteiger partial charge in [0.1, 0.15) is 0 Å². The monoisotopic (exact) mass is 501 g/mol. The van der Waals surface area contributed by atoms with Crippen molar-refractivity contribution in [2.45, 2.75) is 18.2 Å². The second-order valence-electron chi connectivity index (χ2n) is 7.30. The number of hydrogen-bond donors (Lipinski definition) is 0. The van der Waals surface area contributed by atoms with Gasteiger partial charge >= 0.3 is 0 Å². The average Bonchev–Trinajstić information content (AvgIpc) is 3.11. The van der Waals surface area contributed by atoms with Crippen LogP contribution in [-0.4, -0.2) is 57.1 Å². The summed E-state index contributed by atoms with van der Waals surface area (Å²) in [5.74, 6) is -0.511. The number of amides is 1. The molecule has 0 spiro atoms. The molecule has 31 heavy (non-hydrogen) atoms. The van der Waals surface area contributed by atoms with Crippen LogP contribution < -0.4 is 4.90 Å². The first-order valence-electron chi connectivity index (χ1n) is 9.47. The van der Waals surface area contributed by atoms with E-state index in [1.165, 1.54) is 11.3 Å². The molecule has 0 radical (unpaired) electrons. The van der Waals surface area contributed by atoms with E-state index in [9.17, 15) is 13.2 Å². The van der Waals surface area contributed by atoms with Crippen LogP contribution in [0.2, 0.25) is 5.02 Å². The van der Waals surface area contributed by atoms with Gasteiger partial charge in [0.05, 0.1) is 20.9 Å². The molecule has 1 aromatic heterocycles. The third-order valence-corrected chi connectivity index (χ3v) is 7.60. The first kappa shape index (κ1) is 25.5. The molecular formula is C21H25Cl2N3O3S2. The van der Waals surface area contributed by atoms with Crippen molar-refractivity contribution in [3.05, 3.63) is 53.1 Å². The van der Waals surface area contributed by atoms with Crippen molar-refractivity contribution in [2.24, 2.45) is 0 Å². The Morgan fingerprint density at radius 2 is 1.81 bits per heavy atom. The molecular weight excluding hydrogens is 477 g/mol. The van der Waals surface area contributed by atoms with Gasteiger partial charge < -0.3 is 4.90 Å². The van der Waals surface area contributed by atoms with Crippen LogP contribution >= 0.6 is 35.3 Å². The normalized spacial score (nSPS) is 11.5. The number of thiazole rings is 1. The lowest BCUT2D eigenvalue weighted by Gasteiger charge is -2.22. The first-order valence-corrected chi connectivity index (χ1v) is 12.3. The number of benzene rings is 2. The van der Waals surface area contributed by atoms with E-state index < -0.39 is 9.84 Å². The number of likely N-dealkylation sites (N-methyl/N-ethyl adjacent to an activating group) is 1. The number of sulfone groups is 1. The summed E-state index contributed by atoms with van der Waals surface area (Å²) in [6, 6.07) is 11.9. The quantitative estimate of drug-likeness (QED) is 0.456. The van der Waals surface area contributed by atoms with Gasteiger partial charge in [0.15, 0.2) is 15.0 Å². The summed E-state index contributed by atoms with van der Waals surface area (Å²) < 4.78 is 26.1. The van der Waals surface area contributed by atoms with Gasteiger partial charge in [-0.1, -0.05) is 41.1 Å². The lowest BCUT2D eigenvalue weighted by molar-refractivity contribution is -0.118. The van der Waals surface area contributed by atoms with Crippen molar-refractivity contribution in [1.82, 2.24) is 9.88 Å². The van der Waals surface area contributed by atoms with Crippen molar-refractivity contribution < 1.29 is 13.2 Å². The highest BCUT2D eigenvalue weighted by Crippen LogP contribution is 2.33. The van der Waals surface area contributed by atoms with E-state index in [1.807, 2.05) is 38.1 Å². The average molecular weight is 502 g/mol. The van der Waals surface area contributed by atoms with E-state index in [4.69, 9.17) is 11.6 Å². The topological polar surface area (TPSA) is 70.6 Å². The number of aryl methyl sites for hydroxylation is 1. The summed E-state index contributed by atoms with van der Waals surface area (Å²) >= 11 is 7.55. The van der Waals surface area contributed by atoms with Crippen molar-refractivity contribution in [3.63, 3.8) is 0 Å². The van der Waals surface area contributed by atoms with E-state index in [0.717, 1.165) is 15.8 Å². The van der Waals surface area contributed by atoms with Gasteiger partial charge in [-0.05, 0) is 50.8 Å². The van der Waals surface area contributed by atoms with Crippen LogP contribution in [0.3, 0.4) is 0 Å². The predicted octanol–water partition coefficient (Wildman–Crippen LogP) is 4.44. The number of anilines is 1. The Balaban J connectivity index is 0.00000341. The summed E-state index contributed by atoms with van der Waals surface area (Å²) in [7, 11) is 0.311. The molecule has 1 amide bonds. The molecule has 0 aliphatic carbocycles. The van der Waals surface area contributed by atoms with Crippen molar-refractivity contribution in [3.8, 4) is 0 Å². The van der Waals surface area contributed by atoms with Crippen LogP contribution in [-0.2, 0) is 14.6 Å². The van der Waals surface area contributed by atoms with Gasteiger partial charge in [-0.3, -0.25) is 9.69 Å². The molecule has 0 fully saturated rings. The molecule has 3 rings (SSSR count). The summed E-state index contributed by atoms with van der Waals surface area (Å²) in [5, 5.41) is 1.18. The molecule has 0 aliphatic heterocycles. The Labute approximate surface area is 198 Å². The maximum absolute atomic E-state index is 13.0. The van der Waals surface area contributed by atoms with Gasteiger partial charge in [0.25, 0.3) is 0 Å². The zero-order chi connectivity index (χ0) is 21.9. The molecule has 0 unspecified atom stereocenters. The van der Waals surface area contributed by atoms with Crippen molar-refractivity contribution in [2.75, 3.05) is 37.8 Å². The number of fused-ring (bicyclic) bond motifs is 1. The Morgan fingerprint density at radius 3 is 2.45 bits per heavy atom. The van der Waals surface area contributed by atoms with E-state index in [2.05, 4.69) is 4.98 Å². The molecule has 3 aromatic rings. The van der Waals surface area contributed by atoms with Crippen LogP contribution in [0.15, 0.2) is 47.4 Å². The SMILES string of the molecule is Cc1cc(Cl)cc2sc(N(CCN(C)C)C(=O)CCS(=O)(=O)c3ccccc3)nc12.Cl. The molecule has 1 heterocycles. The predicted molar refractivity (Wildman–Crippen MR) is 131 cm³/mol. The van der Waals surface area contributed by atoms with Crippen LogP contribution in [0.1, 0.15) is 12.0 Å². The minimum atomic E-state index is -3.53.